The average molecular weight is 496 g/mol. The molecule has 0 aliphatic rings. The molecule has 0 aromatic carbocycles. The molecule has 0 rings (SSSR count). The number of aliphatic hydroxyl groups excluding tert-OH is 8. The second-order valence-corrected chi connectivity index (χ2v) is 9.34. The number of Topliss-reactive ketones (excluding diaryl/α,β-unsaturated/α-hetero) is 1. The minimum absolute atomic E-state index is 0.222. The van der Waals surface area contributed by atoms with Crippen LogP contribution in [-0.2, 0) is 4.79 Å². The van der Waals surface area contributed by atoms with Crippen LogP contribution in [0.1, 0.15) is 90.4 Å². The van der Waals surface area contributed by atoms with Crippen LogP contribution in [0.4, 0.5) is 0 Å². The zero-order valence-electron chi connectivity index (χ0n) is 20.6. The Morgan fingerprint density at radius 2 is 1.06 bits per heavy atom. The summed E-state index contributed by atoms with van der Waals surface area (Å²) in [6.45, 7) is 1.28. The van der Waals surface area contributed by atoms with E-state index >= 15 is 0 Å². The first-order chi connectivity index (χ1) is 16.1. The van der Waals surface area contributed by atoms with E-state index in [0.29, 0.717) is 6.42 Å². The maximum absolute atomic E-state index is 12.2. The second kappa shape index (κ2) is 19.5. The zero-order valence-corrected chi connectivity index (χ0v) is 20.6. The molecule has 1 unspecified atom stereocenters. The van der Waals surface area contributed by atoms with Gasteiger partial charge in [0.25, 0.3) is 0 Å². The number of rotatable bonds is 22. The Labute approximate surface area is 203 Å². The van der Waals surface area contributed by atoms with Crippen LogP contribution >= 0.6 is 0 Å². The van der Waals surface area contributed by atoms with Crippen LogP contribution in [0.5, 0.6) is 0 Å². The largest absolute Gasteiger partial charge is 0.394 e. The van der Waals surface area contributed by atoms with E-state index in [9.17, 15) is 40.5 Å². The van der Waals surface area contributed by atoms with E-state index in [1.165, 1.54) is 51.4 Å². The Kier molecular flexibility index (Phi) is 19.1. The van der Waals surface area contributed by atoms with Crippen molar-refractivity contribution in [2.45, 2.75) is 139 Å². The van der Waals surface area contributed by atoms with E-state index in [4.69, 9.17) is 10.8 Å². The van der Waals surface area contributed by atoms with Gasteiger partial charge in [0.05, 0.1) is 24.9 Å². The lowest BCUT2D eigenvalue weighted by atomic mass is 9.90. The first-order valence-corrected chi connectivity index (χ1v) is 12.8. The molecule has 0 aliphatic heterocycles. The molecule has 0 fully saturated rings. The van der Waals surface area contributed by atoms with Crippen LogP contribution in [0.3, 0.4) is 0 Å². The van der Waals surface area contributed by atoms with Gasteiger partial charge in [-0.05, 0) is 6.42 Å². The number of unbranched alkanes of at least 4 members (excludes halogenated alkanes) is 11. The molecule has 0 aliphatic carbocycles. The molecule has 34 heavy (non-hydrogen) atoms. The summed E-state index contributed by atoms with van der Waals surface area (Å²) in [5.41, 5.74) is 5.67. The minimum atomic E-state index is -2.32. The zero-order chi connectivity index (χ0) is 26.1. The molecule has 0 radical (unpaired) electrons. The Balaban J connectivity index is 4.19. The van der Waals surface area contributed by atoms with Crippen molar-refractivity contribution >= 4 is 5.78 Å². The van der Waals surface area contributed by atoms with Gasteiger partial charge < -0.3 is 46.6 Å². The number of nitrogens with two attached hydrogens (primary N) is 1. The summed E-state index contributed by atoms with van der Waals surface area (Å²) in [6, 6.07) is -1.64. The van der Waals surface area contributed by atoms with Crippen LogP contribution in [0, 0.1) is 0 Å². The number of ketones is 1. The molecular weight excluding hydrogens is 446 g/mol. The summed E-state index contributed by atoms with van der Waals surface area (Å²) < 4.78 is 0. The molecule has 10 N–H and O–H groups in total. The fraction of sp³-hybridized carbons (Fsp3) is 0.958. The van der Waals surface area contributed by atoms with Crippen LogP contribution in [-0.4, -0.2) is 102 Å². The third-order valence-corrected chi connectivity index (χ3v) is 6.34. The fourth-order valence-electron chi connectivity index (χ4n) is 3.86. The Morgan fingerprint density at radius 3 is 1.50 bits per heavy atom. The molecule has 0 heterocycles. The first kappa shape index (κ1) is 33.3. The predicted molar refractivity (Wildman–Crippen MR) is 128 cm³/mol. The summed E-state index contributed by atoms with van der Waals surface area (Å²) in [5.74, 6) is -1.39. The molecular formula is C24H49NO9. The van der Waals surface area contributed by atoms with E-state index < -0.39 is 61.2 Å². The summed E-state index contributed by atoms with van der Waals surface area (Å²) >= 11 is 0. The molecule has 10 nitrogen and oxygen atoms in total. The van der Waals surface area contributed by atoms with Gasteiger partial charge in [-0.25, -0.2) is 0 Å². The quantitative estimate of drug-likeness (QED) is 0.0880. The van der Waals surface area contributed by atoms with Crippen molar-refractivity contribution in [3.63, 3.8) is 0 Å². The van der Waals surface area contributed by atoms with Gasteiger partial charge in [0.1, 0.15) is 30.5 Å². The number of hydrogen-bond acceptors (Lipinski definition) is 10. The molecule has 0 saturated carbocycles. The molecule has 0 spiro atoms. The van der Waals surface area contributed by atoms with E-state index in [2.05, 4.69) is 6.92 Å². The Morgan fingerprint density at radius 1 is 0.618 bits per heavy atom. The highest BCUT2D eigenvalue weighted by Gasteiger charge is 2.40. The Bertz CT molecular complexity index is 511. The smallest absolute Gasteiger partial charge is 0.194 e. The van der Waals surface area contributed by atoms with Gasteiger partial charge in [-0.15, -0.1) is 0 Å². The van der Waals surface area contributed by atoms with Crippen molar-refractivity contribution in [2.75, 3.05) is 6.61 Å². The van der Waals surface area contributed by atoms with Crippen molar-refractivity contribution in [3.8, 4) is 0 Å². The normalized spacial score (nSPS) is 19.1. The lowest BCUT2D eigenvalue weighted by Crippen LogP contribution is -2.58. The van der Waals surface area contributed by atoms with E-state index in [-0.39, 0.29) is 6.42 Å². The van der Waals surface area contributed by atoms with Crippen LogP contribution in [0.2, 0.25) is 0 Å². The van der Waals surface area contributed by atoms with Crippen molar-refractivity contribution in [3.05, 3.63) is 0 Å². The molecule has 0 saturated heterocycles. The molecule has 10 heteroatoms. The van der Waals surface area contributed by atoms with Crippen LogP contribution in [0.25, 0.3) is 0 Å². The summed E-state index contributed by atoms with van der Waals surface area (Å²) in [7, 11) is 0. The summed E-state index contributed by atoms with van der Waals surface area (Å²) in [4.78, 5) is 12.2. The number of hydrogen-bond donors (Lipinski definition) is 9. The van der Waals surface area contributed by atoms with Crippen molar-refractivity contribution in [1.82, 2.24) is 0 Å². The Hall–Kier alpha value is -0.690. The van der Waals surface area contributed by atoms with Gasteiger partial charge in [0, 0.05) is 0 Å². The third kappa shape index (κ3) is 12.9. The number of carbonyl (C=O) groups is 1. The molecule has 0 aromatic heterocycles. The van der Waals surface area contributed by atoms with Gasteiger partial charge in [-0.2, -0.15) is 0 Å². The molecule has 0 aromatic rings. The molecule has 8 atom stereocenters. The van der Waals surface area contributed by atoms with E-state index in [1.807, 2.05) is 0 Å². The van der Waals surface area contributed by atoms with Crippen molar-refractivity contribution in [2.24, 2.45) is 5.73 Å². The maximum Gasteiger partial charge on any atom is 0.194 e. The molecule has 204 valence electrons. The van der Waals surface area contributed by atoms with Crippen molar-refractivity contribution < 1.29 is 45.6 Å². The van der Waals surface area contributed by atoms with Crippen LogP contribution < -0.4 is 5.73 Å². The monoisotopic (exact) mass is 495 g/mol. The average Bonchev–Trinajstić information content (AvgIpc) is 2.85. The lowest BCUT2D eigenvalue weighted by molar-refractivity contribution is -0.157. The first-order valence-electron chi connectivity index (χ1n) is 12.8. The van der Waals surface area contributed by atoms with Gasteiger partial charge in [0.15, 0.2) is 5.78 Å². The topological polar surface area (TPSA) is 205 Å². The van der Waals surface area contributed by atoms with E-state index in [0.717, 1.165) is 19.3 Å². The molecule has 0 amide bonds. The molecule has 0 bridgehead atoms. The predicted octanol–water partition coefficient (Wildman–Crippen LogP) is -0.507. The van der Waals surface area contributed by atoms with Gasteiger partial charge in [-0.3, -0.25) is 4.79 Å². The van der Waals surface area contributed by atoms with Crippen molar-refractivity contribution in [1.29, 1.82) is 0 Å². The highest BCUT2D eigenvalue weighted by molar-refractivity contribution is 5.88. The van der Waals surface area contributed by atoms with Gasteiger partial charge in [0.2, 0.25) is 0 Å². The second-order valence-electron chi connectivity index (χ2n) is 9.34. The van der Waals surface area contributed by atoms with E-state index in [1.54, 1.807) is 0 Å². The van der Waals surface area contributed by atoms with Crippen LogP contribution in [0.15, 0.2) is 0 Å². The summed E-state index contributed by atoms with van der Waals surface area (Å²) in [5, 5.41) is 77.7. The third-order valence-electron chi connectivity index (χ3n) is 6.34. The SMILES string of the molecule is CCCCCCCCCCCCCC[C@@H](O)[C@@H](O)[C@@H](N)C(O)C(=O)[C@H](O)[C@@H](O)[C@H](O)[C@H](O)CO. The number of aliphatic hydroxyl groups is 8. The minimum Gasteiger partial charge on any atom is -0.394 e. The summed E-state index contributed by atoms with van der Waals surface area (Å²) in [6.07, 6.45) is 0.562. The number of carbonyl (C=O) groups excluding carboxylic acids is 1. The van der Waals surface area contributed by atoms with Gasteiger partial charge in [-0.1, -0.05) is 84.0 Å². The fourth-order valence-corrected chi connectivity index (χ4v) is 3.86. The maximum atomic E-state index is 12.2. The van der Waals surface area contributed by atoms with Gasteiger partial charge >= 0.3 is 0 Å². The highest BCUT2D eigenvalue weighted by Crippen LogP contribution is 2.16. The highest BCUT2D eigenvalue weighted by atomic mass is 16.4. The lowest BCUT2D eigenvalue weighted by Gasteiger charge is -2.30. The standard InChI is InChI=1S/C24H49NO9/c1-2-3-4-5-6-7-8-9-10-11-12-13-14-16(27)19(29)18(25)21(31)23(33)24(34)22(32)20(30)17(28)15-26/h16-22,24,26-32,34H,2-15,25H2,1H3/t16-,17-,18-,19-,20-,21?,22+,24-/m1/s1.